The fraction of sp³-hybridized carbons (Fsp3) is 0.412. The minimum absolute atomic E-state index is 0.0259. The number of ether oxygens (including phenoxy) is 2. The molecule has 1 aromatic heterocycles. The van der Waals surface area contributed by atoms with Crippen molar-refractivity contribution < 1.29 is 22.7 Å². The van der Waals surface area contributed by atoms with Crippen molar-refractivity contribution in [3.63, 3.8) is 0 Å². The predicted octanol–water partition coefficient (Wildman–Crippen LogP) is 3.28. The molecule has 7 heteroatoms. The molecule has 132 valence electrons. The number of nitrogens with zero attached hydrogens (tertiary/aromatic N) is 1. The summed E-state index contributed by atoms with van der Waals surface area (Å²) in [4.78, 5) is 2.06. The van der Waals surface area contributed by atoms with Crippen LogP contribution in [-0.2, 0) is 6.54 Å². The summed E-state index contributed by atoms with van der Waals surface area (Å²) >= 11 is 0. The zero-order valence-corrected chi connectivity index (χ0v) is 14.0. The smallest absolute Gasteiger partial charge is 0.387 e. The monoisotopic (exact) mass is 340 g/mol. The van der Waals surface area contributed by atoms with Gasteiger partial charge in [0.1, 0.15) is 5.76 Å². The number of hydrogen-bond donors (Lipinski definition) is 1. The first-order chi connectivity index (χ1) is 11.5. The lowest BCUT2D eigenvalue weighted by molar-refractivity contribution is -0.0512. The Labute approximate surface area is 140 Å². The summed E-state index contributed by atoms with van der Waals surface area (Å²) in [6, 6.07) is 8.79. The van der Waals surface area contributed by atoms with Gasteiger partial charge in [-0.2, -0.15) is 8.78 Å². The summed E-state index contributed by atoms with van der Waals surface area (Å²) in [5.41, 5.74) is 0.908. The number of likely N-dealkylation sites (N-methyl/N-ethyl adjacent to an activating group) is 1. The average Bonchev–Trinajstić information content (AvgIpc) is 3.05. The lowest BCUT2D eigenvalue weighted by Crippen LogP contribution is -2.30. The minimum Gasteiger partial charge on any atom is -0.493 e. The van der Waals surface area contributed by atoms with Gasteiger partial charge in [-0.3, -0.25) is 4.90 Å². The number of methoxy groups -OCH3 is 1. The summed E-state index contributed by atoms with van der Waals surface area (Å²) in [6.45, 7) is -1.63. The molecule has 0 amide bonds. The third kappa shape index (κ3) is 4.94. The molecule has 0 radical (unpaired) electrons. The van der Waals surface area contributed by atoms with Gasteiger partial charge in [0.15, 0.2) is 11.5 Å². The van der Waals surface area contributed by atoms with Crippen molar-refractivity contribution in [2.45, 2.75) is 19.2 Å². The van der Waals surface area contributed by atoms with Crippen LogP contribution in [0.25, 0.3) is 0 Å². The molecular formula is C17H22F2N2O3. The Morgan fingerprint density at radius 2 is 2.00 bits per heavy atom. The summed E-state index contributed by atoms with van der Waals surface area (Å²) in [5, 5.41) is 3.34. The van der Waals surface area contributed by atoms with Gasteiger partial charge in [-0.1, -0.05) is 6.07 Å². The second-order valence-electron chi connectivity index (χ2n) is 5.49. The molecule has 24 heavy (non-hydrogen) atoms. The highest BCUT2D eigenvalue weighted by atomic mass is 19.3. The zero-order chi connectivity index (χ0) is 17.5. The van der Waals surface area contributed by atoms with E-state index < -0.39 is 6.61 Å². The molecule has 1 unspecified atom stereocenters. The Morgan fingerprint density at radius 1 is 1.21 bits per heavy atom. The summed E-state index contributed by atoms with van der Waals surface area (Å²) in [7, 11) is 5.38. The Kier molecular flexibility index (Phi) is 6.57. The van der Waals surface area contributed by atoms with Gasteiger partial charge in [0.2, 0.25) is 0 Å². The van der Waals surface area contributed by atoms with E-state index in [1.165, 1.54) is 13.2 Å². The topological polar surface area (TPSA) is 46.9 Å². The Morgan fingerprint density at radius 3 is 2.58 bits per heavy atom. The number of rotatable bonds is 9. The van der Waals surface area contributed by atoms with Crippen LogP contribution in [0.4, 0.5) is 8.78 Å². The molecule has 0 bridgehead atoms. The van der Waals surface area contributed by atoms with Crippen LogP contribution < -0.4 is 14.8 Å². The number of nitrogens with one attached hydrogen (secondary N) is 1. The Hall–Kier alpha value is -2.12. The van der Waals surface area contributed by atoms with Crippen molar-refractivity contribution in [2.24, 2.45) is 0 Å². The molecule has 0 spiro atoms. The van der Waals surface area contributed by atoms with Crippen LogP contribution >= 0.6 is 0 Å². The van der Waals surface area contributed by atoms with E-state index in [1.54, 1.807) is 18.4 Å². The highest BCUT2D eigenvalue weighted by Gasteiger charge is 2.16. The quantitative estimate of drug-likeness (QED) is 0.759. The normalized spacial score (nSPS) is 12.6. The first-order valence-corrected chi connectivity index (χ1v) is 7.53. The summed E-state index contributed by atoms with van der Waals surface area (Å²) in [5.74, 6) is 1.19. The maximum atomic E-state index is 12.3. The van der Waals surface area contributed by atoms with Crippen LogP contribution in [0.15, 0.2) is 41.0 Å². The number of alkyl halides is 2. The molecule has 2 rings (SSSR count). The number of benzene rings is 1. The number of halogens is 2. The highest BCUT2D eigenvalue weighted by molar-refractivity contribution is 5.43. The second kappa shape index (κ2) is 8.65. The third-order valence-corrected chi connectivity index (χ3v) is 3.61. The minimum atomic E-state index is -2.88. The largest absolute Gasteiger partial charge is 0.493 e. The van der Waals surface area contributed by atoms with Gasteiger partial charge in [0.05, 0.1) is 19.4 Å². The van der Waals surface area contributed by atoms with Crippen molar-refractivity contribution in [3.05, 3.63) is 47.9 Å². The Bertz CT molecular complexity index is 618. The third-order valence-electron chi connectivity index (χ3n) is 3.61. The molecule has 0 saturated heterocycles. The fourth-order valence-electron chi connectivity index (χ4n) is 2.39. The molecule has 1 aromatic carbocycles. The summed E-state index contributed by atoms with van der Waals surface area (Å²) < 4.78 is 39.6. The molecule has 1 heterocycles. The zero-order valence-electron chi connectivity index (χ0n) is 14.0. The molecule has 0 aliphatic heterocycles. The molecule has 2 aromatic rings. The van der Waals surface area contributed by atoms with Crippen molar-refractivity contribution in [2.75, 3.05) is 27.7 Å². The van der Waals surface area contributed by atoms with E-state index in [0.29, 0.717) is 13.1 Å². The van der Waals surface area contributed by atoms with Crippen LogP contribution in [0, 0.1) is 0 Å². The molecule has 1 N–H and O–H groups in total. The van der Waals surface area contributed by atoms with Crippen LogP contribution in [0.3, 0.4) is 0 Å². The maximum Gasteiger partial charge on any atom is 0.387 e. The van der Waals surface area contributed by atoms with Gasteiger partial charge in [0.25, 0.3) is 0 Å². The molecule has 0 aliphatic rings. The average molecular weight is 340 g/mol. The van der Waals surface area contributed by atoms with E-state index in [-0.39, 0.29) is 17.5 Å². The maximum absolute atomic E-state index is 12.3. The van der Waals surface area contributed by atoms with E-state index in [2.05, 4.69) is 15.0 Å². The number of furan rings is 1. The lowest BCUT2D eigenvalue weighted by Gasteiger charge is -2.22. The van der Waals surface area contributed by atoms with Gasteiger partial charge in [-0.05, 0) is 43.9 Å². The van der Waals surface area contributed by atoms with Crippen LogP contribution in [0.1, 0.15) is 17.4 Å². The summed E-state index contributed by atoms with van der Waals surface area (Å²) in [6.07, 6.45) is 1.65. The van der Waals surface area contributed by atoms with Crippen molar-refractivity contribution in [1.29, 1.82) is 0 Å². The molecule has 0 saturated carbocycles. The molecular weight excluding hydrogens is 318 g/mol. The lowest BCUT2D eigenvalue weighted by atomic mass is 10.1. The Balaban J connectivity index is 1.96. The number of hydrogen-bond acceptors (Lipinski definition) is 5. The second-order valence-corrected chi connectivity index (χ2v) is 5.49. The van der Waals surface area contributed by atoms with E-state index >= 15 is 0 Å². The standard InChI is InChI=1S/C17H22F2N2O3/c1-21(2)13(14-5-4-8-23-14)11-20-10-12-6-7-15(24-17(18)19)16(9-12)22-3/h4-9,13,17,20H,10-11H2,1-3H3. The molecule has 5 nitrogen and oxygen atoms in total. The van der Waals surface area contributed by atoms with Gasteiger partial charge < -0.3 is 19.2 Å². The predicted molar refractivity (Wildman–Crippen MR) is 86.5 cm³/mol. The van der Waals surface area contributed by atoms with Crippen molar-refractivity contribution >= 4 is 0 Å². The SMILES string of the molecule is COc1cc(CNCC(c2ccco2)N(C)C)ccc1OC(F)F. The van der Waals surface area contributed by atoms with Crippen molar-refractivity contribution in [1.82, 2.24) is 10.2 Å². The van der Waals surface area contributed by atoms with E-state index in [4.69, 9.17) is 9.15 Å². The fourth-order valence-corrected chi connectivity index (χ4v) is 2.39. The van der Waals surface area contributed by atoms with Gasteiger partial charge in [0, 0.05) is 13.1 Å². The first kappa shape index (κ1) is 18.2. The van der Waals surface area contributed by atoms with Gasteiger partial charge in [-0.25, -0.2) is 0 Å². The van der Waals surface area contributed by atoms with Gasteiger partial charge in [-0.15, -0.1) is 0 Å². The van der Waals surface area contributed by atoms with Crippen LogP contribution in [-0.4, -0.2) is 39.3 Å². The van der Waals surface area contributed by atoms with E-state index in [0.717, 1.165) is 11.3 Å². The van der Waals surface area contributed by atoms with E-state index in [1.807, 2.05) is 26.2 Å². The van der Waals surface area contributed by atoms with Crippen LogP contribution in [0.2, 0.25) is 0 Å². The highest BCUT2D eigenvalue weighted by Crippen LogP contribution is 2.29. The molecule has 0 aliphatic carbocycles. The first-order valence-electron chi connectivity index (χ1n) is 7.53. The van der Waals surface area contributed by atoms with E-state index in [9.17, 15) is 8.78 Å². The van der Waals surface area contributed by atoms with Crippen molar-refractivity contribution in [3.8, 4) is 11.5 Å². The van der Waals surface area contributed by atoms with Crippen LogP contribution in [0.5, 0.6) is 11.5 Å². The molecule has 1 atom stereocenters. The molecule has 0 fully saturated rings. The van der Waals surface area contributed by atoms with Gasteiger partial charge >= 0.3 is 6.61 Å².